The van der Waals surface area contributed by atoms with Gasteiger partial charge in [-0.3, -0.25) is 9.79 Å². The lowest BCUT2D eigenvalue weighted by Crippen LogP contribution is -2.48. The van der Waals surface area contributed by atoms with E-state index < -0.39 is 5.60 Å². The fourth-order valence-electron chi connectivity index (χ4n) is 3.28. The van der Waals surface area contributed by atoms with Crippen molar-refractivity contribution >= 4 is 35.9 Å². The van der Waals surface area contributed by atoms with Crippen molar-refractivity contribution in [2.75, 3.05) is 39.9 Å². The number of piperidine rings is 1. The first-order valence-corrected chi connectivity index (χ1v) is 9.78. The van der Waals surface area contributed by atoms with Gasteiger partial charge in [-0.2, -0.15) is 0 Å². The molecule has 0 radical (unpaired) electrons. The van der Waals surface area contributed by atoms with Crippen molar-refractivity contribution in [1.82, 2.24) is 10.2 Å². The van der Waals surface area contributed by atoms with Gasteiger partial charge in [0, 0.05) is 26.7 Å². The second-order valence-electron chi connectivity index (χ2n) is 8.00. The molecular weight excluding hydrogens is 461 g/mol. The maximum absolute atomic E-state index is 11.9. The summed E-state index contributed by atoms with van der Waals surface area (Å²) in [6, 6.07) is 0. The Morgan fingerprint density at radius 2 is 1.93 bits per heavy atom. The summed E-state index contributed by atoms with van der Waals surface area (Å²) in [6.07, 6.45) is 5.99. The number of hydrogen-bond donors (Lipinski definition) is 1. The van der Waals surface area contributed by atoms with Crippen molar-refractivity contribution in [3.05, 3.63) is 0 Å². The molecule has 1 unspecified atom stereocenters. The lowest BCUT2D eigenvalue weighted by molar-refractivity contribution is -0.153. The molecule has 0 spiro atoms. The number of nitrogens with zero attached hydrogens (tertiary/aromatic N) is 2. The summed E-state index contributed by atoms with van der Waals surface area (Å²) in [5, 5.41) is 3.10. The molecule has 0 aromatic rings. The van der Waals surface area contributed by atoms with Gasteiger partial charge in [0.25, 0.3) is 0 Å². The molecule has 2 heterocycles. The van der Waals surface area contributed by atoms with Crippen molar-refractivity contribution in [3.63, 3.8) is 0 Å². The summed E-state index contributed by atoms with van der Waals surface area (Å²) in [7, 11) is 1.74. The molecule has 158 valence electrons. The number of carbonyl (C=O) groups excluding carboxylic acids is 1. The predicted molar refractivity (Wildman–Crippen MR) is 117 cm³/mol. The molecule has 0 aromatic carbocycles. The topological polar surface area (TPSA) is 72.4 Å². The molecule has 2 saturated heterocycles. The quantitative estimate of drug-likeness (QED) is 0.273. The number of ether oxygens (including phenoxy) is 3. The van der Waals surface area contributed by atoms with Crippen molar-refractivity contribution in [2.24, 2.45) is 4.99 Å². The molecule has 8 heteroatoms. The van der Waals surface area contributed by atoms with Crippen LogP contribution in [0.1, 0.15) is 52.9 Å². The van der Waals surface area contributed by atoms with Gasteiger partial charge in [-0.1, -0.05) is 0 Å². The highest BCUT2D eigenvalue weighted by molar-refractivity contribution is 14.0. The number of aliphatic imine (C=N–C) groups is 1. The fourth-order valence-corrected chi connectivity index (χ4v) is 3.28. The summed E-state index contributed by atoms with van der Waals surface area (Å²) in [5.74, 6) is 0.467. The second-order valence-corrected chi connectivity index (χ2v) is 8.00. The number of halogens is 1. The van der Waals surface area contributed by atoms with E-state index in [0.29, 0.717) is 6.61 Å². The summed E-state index contributed by atoms with van der Waals surface area (Å²) in [4.78, 5) is 18.3. The molecule has 1 N–H and O–H groups in total. The molecule has 2 fully saturated rings. The zero-order valence-electron chi connectivity index (χ0n) is 17.2. The number of hydrogen-bond acceptors (Lipinski definition) is 5. The zero-order chi connectivity index (χ0) is 19.0. The van der Waals surface area contributed by atoms with Crippen LogP contribution in [0, 0.1) is 0 Å². The molecule has 2 rings (SSSR count). The smallest absolute Gasteiger partial charge is 0.325 e. The third-order valence-electron chi connectivity index (χ3n) is 4.56. The van der Waals surface area contributed by atoms with Crippen LogP contribution in [0.3, 0.4) is 0 Å². The van der Waals surface area contributed by atoms with Crippen LogP contribution in [0.5, 0.6) is 0 Å². The average Bonchev–Trinajstić information content (AvgIpc) is 2.61. The number of esters is 1. The minimum atomic E-state index is -0.472. The molecule has 2 aliphatic heterocycles. The minimum Gasteiger partial charge on any atom is -0.459 e. The Bertz CT molecular complexity index is 468. The van der Waals surface area contributed by atoms with E-state index in [1.807, 2.05) is 20.8 Å². The van der Waals surface area contributed by atoms with Crippen LogP contribution in [-0.4, -0.2) is 74.5 Å². The van der Waals surface area contributed by atoms with Crippen LogP contribution in [0.25, 0.3) is 0 Å². The lowest BCUT2D eigenvalue weighted by Gasteiger charge is -2.35. The van der Waals surface area contributed by atoms with E-state index in [1.165, 1.54) is 12.8 Å². The van der Waals surface area contributed by atoms with Crippen molar-refractivity contribution in [2.45, 2.75) is 70.7 Å². The number of guanidine groups is 1. The number of nitrogens with one attached hydrogen (secondary N) is 1. The largest absolute Gasteiger partial charge is 0.459 e. The molecule has 7 nitrogen and oxygen atoms in total. The van der Waals surface area contributed by atoms with Crippen molar-refractivity contribution < 1.29 is 19.0 Å². The van der Waals surface area contributed by atoms with Gasteiger partial charge in [-0.25, -0.2) is 0 Å². The number of likely N-dealkylation sites (tertiary alicyclic amines) is 1. The summed E-state index contributed by atoms with van der Waals surface area (Å²) in [6.45, 7) is 9.02. The SMILES string of the molecule is CN=C(NCC(=O)OC(C)(C)C)N1CCC(OCC2CCCCO2)CC1.I. The van der Waals surface area contributed by atoms with E-state index in [4.69, 9.17) is 14.2 Å². The normalized spacial score (nSPS) is 22.1. The summed E-state index contributed by atoms with van der Waals surface area (Å²) >= 11 is 0. The number of carbonyl (C=O) groups is 1. The van der Waals surface area contributed by atoms with E-state index in [1.54, 1.807) is 7.05 Å². The van der Waals surface area contributed by atoms with E-state index in [2.05, 4.69) is 15.2 Å². The maximum atomic E-state index is 11.9. The molecule has 0 saturated carbocycles. The van der Waals surface area contributed by atoms with Crippen molar-refractivity contribution in [1.29, 1.82) is 0 Å². The van der Waals surface area contributed by atoms with Crippen LogP contribution in [0.15, 0.2) is 4.99 Å². The van der Waals surface area contributed by atoms with E-state index >= 15 is 0 Å². The molecule has 0 bridgehead atoms. The van der Waals surface area contributed by atoms with Gasteiger partial charge in [-0.15, -0.1) is 24.0 Å². The van der Waals surface area contributed by atoms with Gasteiger partial charge < -0.3 is 24.4 Å². The Kier molecular flexibility index (Phi) is 10.9. The number of rotatable bonds is 5. The molecule has 1 atom stereocenters. The minimum absolute atomic E-state index is 0. The Hall–Kier alpha value is -0.610. The second kappa shape index (κ2) is 12.1. The molecule has 0 aromatic heterocycles. The van der Waals surface area contributed by atoms with E-state index in [9.17, 15) is 4.79 Å². The Balaban J connectivity index is 0.00000364. The summed E-state index contributed by atoms with van der Waals surface area (Å²) in [5.41, 5.74) is -0.472. The van der Waals surface area contributed by atoms with Crippen LogP contribution < -0.4 is 5.32 Å². The molecule has 2 aliphatic rings. The van der Waals surface area contributed by atoms with Gasteiger partial charge in [0.05, 0.1) is 18.8 Å². The van der Waals surface area contributed by atoms with Crippen molar-refractivity contribution in [3.8, 4) is 0 Å². The molecule has 0 amide bonds. The first-order chi connectivity index (χ1) is 12.4. The third kappa shape index (κ3) is 9.43. The zero-order valence-corrected chi connectivity index (χ0v) is 19.5. The van der Waals surface area contributed by atoms with Crippen LogP contribution >= 0.6 is 24.0 Å². The van der Waals surface area contributed by atoms with Crippen LogP contribution in [0.4, 0.5) is 0 Å². The molecule has 27 heavy (non-hydrogen) atoms. The summed E-state index contributed by atoms with van der Waals surface area (Å²) < 4.78 is 17.1. The highest BCUT2D eigenvalue weighted by Crippen LogP contribution is 2.18. The van der Waals surface area contributed by atoms with Gasteiger partial charge in [0.15, 0.2) is 5.96 Å². The van der Waals surface area contributed by atoms with Gasteiger partial charge in [0.2, 0.25) is 0 Å². The average molecular weight is 497 g/mol. The van der Waals surface area contributed by atoms with Crippen LogP contribution in [0.2, 0.25) is 0 Å². The maximum Gasteiger partial charge on any atom is 0.325 e. The first kappa shape index (κ1) is 24.4. The predicted octanol–water partition coefficient (Wildman–Crippen LogP) is 2.57. The van der Waals surface area contributed by atoms with Gasteiger partial charge >= 0.3 is 5.97 Å². The highest BCUT2D eigenvalue weighted by atomic mass is 127. The first-order valence-electron chi connectivity index (χ1n) is 9.78. The lowest BCUT2D eigenvalue weighted by atomic mass is 10.1. The third-order valence-corrected chi connectivity index (χ3v) is 4.56. The Morgan fingerprint density at radius 1 is 1.22 bits per heavy atom. The highest BCUT2D eigenvalue weighted by Gasteiger charge is 2.24. The molecule has 0 aliphatic carbocycles. The Morgan fingerprint density at radius 3 is 2.48 bits per heavy atom. The van der Waals surface area contributed by atoms with Gasteiger partial charge in [0.1, 0.15) is 12.1 Å². The van der Waals surface area contributed by atoms with E-state index in [0.717, 1.165) is 44.9 Å². The van der Waals surface area contributed by atoms with Gasteiger partial charge in [-0.05, 0) is 52.9 Å². The monoisotopic (exact) mass is 497 g/mol. The van der Waals surface area contributed by atoms with E-state index in [-0.39, 0.29) is 48.7 Å². The Labute approximate surface area is 180 Å². The fraction of sp³-hybridized carbons (Fsp3) is 0.895. The van der Waals surface area contributed by atoms with Crippen LogP contribution in [-0.2, 0) is 19.0 Å². The molecular formula is C19H36IN3O4. The standard InChI is InChI=1S/C19H35N3O4.HI/c1-19(2,3)26-17(23)13-21-18(20-4)22-10-8-15(9-11-22)25-14-16-7-5-6-12-24-16;/h15-16H,5-14H2,1-4H3,(H,20,21);1H.